The van der Waals surface area contributed by atoms with Crippen LogP contribution in [0.4, 0.5) is 4.39 Å². The molecule has 144 valence electrons. The normalized spacial score (nSPS) is 25.4. The Bertz CT molecular complexity index is 824. The number of hydrogen-bond donors (Lipinski definition) is 0. The van der Waals surface area contributed by atoms with Crippen molar-refractivity contribution >= 4 is 21.8 Å². The number of aryl methyl sites for hydroxylation is 2. The van der Waals surface area contributed by atoms with Gasteiger partial charge >= 0.3 is 0 Å². The molecule has 2 unspecified atom stereocenters. The highest BCUT2D eigenvalue weighted by Crippen LogP contribution is 2.37. The summed E-state index contributed by atoms with van der Waals surface area (Å²) in [5.41, 5.74) is 4.51. The van der Waals surface area contributed by atoms with Gasteiger partial charge in [-0.1, -0.05) is 35.0 Å². The molecule has 2 aliphatic heterocycles. The third-order valence-electron chi connectivity index (χ3n) is 6.27. The van der Waals surface area contributed by atoms with Crippen molar-refractivity contribution in [2.24, 2.45) is 10.9 Å². The van der Waals surface area contributed by atoms with Crippen molar-refractivity contribution in [3.05, 3.63) is 56.8 Å². The Hall–Kier alpha value is -1.42. The number of benzene rings is 1. The standard InChI is InChI=1S/C23H28BrFN2/c1-15-6-9-18(24)13-17(15)8-11-20-21(10-7-16(2)22(20)25)23-26-14-19-5-3-4-12-27(19)23/h6,9-10,13,16,19H,3-5,7-8,11-12,14H2,1-2H3. The largest absolute Gasteiger partial charge is 0.352 e. The van der Waals surface area contributed by atoms with Gasteiger partial charge in [0.1, 0.15) is 11.7 Å². The highest BCUT2D eigenvalue weighted by Gasteiger charge is 2.34. The van der Waals surface area contributed by atoms with Crippen LogP contribution in [0.5, 0.6) is 0 Å². The van der Waals surface area contributed by atoms with E-state index < -0.39 is 0 Å². The molecule has 2 heterocycles. The van der Waals surface area contributed by atoms with Crippen molar-refractivity contribution in [2.45, 2.75) is 58.4 Å². The molecule has 1 aliphatic carbocycles. The lowest BCUT2D eigenvalue weighted by atomic mass is 9.85. The van der Waals surface area contributed by atoms with Crippen LogP contribution in [0.1, 0.15) is 50.2 Å². The number of rotatable bonds is 4. The summed E-state index contributed by atoms with van der Waals surface area (Å²) in [7, 11) is 0. The van der Waals surface area contributed by atoms with E-state index in [2.05, 4.69) is 52.0 Å². The zero-order chi connectivity index (χ0) is 19.0. The van der Waals surface area contributed by atoms with E-state index in [0.29, 0.717) is 6.04 Å². The first-order valence-corrected chi connectivity index (χ1v) is 11.0. The first-order chi connectivity index (χ1) is 13.0. The van der Waals surface area contributed by atoms with Gasteiger partial charge in [-0.25, -0.2) is 4.39 Å². The molecule has 4 rings (SSSR count). The second-order valence-corrected chi connectivity index (χ2v) is 9.07. The van der Waals surface area contributed by atoms with Gasteiger partial charge in [0.25, 0.3) is 0 Å². The molecule has 0 bridgehead atoms. The smallest absolute Gasteiger partial charge is 0.131 e. The lowest BCUT2D eigenvalue weighted by molar-refractivity contribution is 0.268. The predicted octanol–water partition coefficient (Wildman–Crippen LogP) is 6.15. The number of halogens is 2. The number of hydrogen-bond acceptors (Lipinski definition) is 2. The number of amidine groups is 1. The van der Waals surface area contributed by atoms with Crippen LogP contribution in [0.25, 0.3) is 0 Å². The van der Waals surface area contributed by atoms with Crippen LogP contribution in [0, 0.1) is 12.8 Å². The fourth-order valence-corrected chi connectivity index (χ4v) is 5.00. The van der Waals surface area contributed by atoms with Gasteiger partial charge < -0.3 is 4.90 Å². The summed E-state index contributed by atoms with van der Waals surface area (Å²) in [4.78, 5) is 7.31. The van der Waals surface area contributed by atoms with Gasteiger partial charge in [-0.2, -0.15) is 0 Å². The van der Waals surface area contributed by atoms with Crippen LogP contribution < -0.4 is 0 Å². The fraction of sp³-hybridized carbons (Fsp3) is 0.522. The third-order valence-corrected chi connectivity index (χ3v) is 6.76. The summed E-state index contributed by atoms with van der Waals surface area (Å²) in [6, 6.07) is 6.89. The molecule has 3 aliphatic rings. The molecule has 0 spiro atoms. The molecule has 1 aromatic rings. The van der Waals surface area contributed by atoms with Crippen LogP contribution in [0.15, 0.2) is 50.7 Å². The number of aliphatic imine (C=N–C) groups is 1. The van der Waals surface area contributed by atoms with Crippen LogP contribution in [-0.2, 0) is 6.42 Å². The molecule has 0 amide bonds. The Morgan fingerprint density at radius 1 is 1.26 bits per heavy atom. The summed E-state index contributed by atoms with van der Waals surface area (Å²) < 4.78 is 16.3. The molecule has 0 aromatic heterocycles. The van der Waals surface area contributed by atoms with E-state index in [1.165, 1.54) is 30.4 Å². The molecule has 0 saturated carbocycles. The Kier molecular flexibility index (Phi) is 5.54. The fourth-order valence-electron chi connectivity index (χ4n) is 4.59. The van der Waals surface area contributed by atoms with E-state index in [0.717, 1.165) is 53.8 Å². The second-order valence-electron chi connectivity index (χ2n) is 8.16. The quantitative estimate of drug-likeness (QED) is 0.559. The molecule has 1 aromatic carbocycles. The maximum atomic E-state index is 15.2. The van der Waals surface area contributed by atoms with Gasteiger partial charge in [-0.3, -0.25) is 4.99 Å². The van der Waals surface area contributed by atoms with Crippen LogP contribution in [0.3, 0.4) is 0 Å². The molecule has 0 radical (unpaired) electrons. The van der Waals surface area contributed by atoms with E-state index in [1.54, 1.807) is 0 Å². The number of fused-ring (bicyclic) bond motifs is 1. The van der Waals surface area contributed by atoms with Gasteiger partial charge in [0.05, 0.1) is 12.6 Å². The van der Waals surface area contributed by atoms with E-state index >= 15 is 4.39 Å². The van der Waals surface area contributed by atoms with Gasteiger partial charge in [0.15, 0.2) is 0 Å². The van der Waals surface area contributed by atoms with Crippen LogP contribution >= 0.6 is 15.9 Å². The molecule has 1 saturated heterocycles. The van der Waals surface area contributed by atoms with Crippen molar-refractivity contribution in [3.8, 4) is 0 Å². The van der Waals surface area contributed by atoms with E-state index in [9.17, 15) is 0 Å². The molecule has 27 heavy (non-hydrogen) atoms. The summed E-state index contributed by atoms with van der Waals surface area (Å²) in [5.74, 6) is 1.11. The van der Waals surface area contributed by atoms with Crippen LogP contribution in [0.2, 0.25) is 0 Å². The van der Waals surface area contributed by atoms with Gasteiger partial charge in [-0.15, -0.1) is 0 Å². The zero-order valence-electron chi connectivity index (χ0n) is 16.3. The minimum atomic E-state index is -0.0217. The third kappa shape index (κ3) is 3.78. The lowest BCUT2D eigenvalue weighted by Gasteiger charge is -2.34. The molecule has 0 N–H and O–H groups in total. The molecule has 4 heteroatoms. The highest BCUT2D eigenvalue weighted by molar-refractivity contribution is 9.10. The summed E-state index contributed by atoms with van der Waals surface area (Å²) in [5, 5.41) is 0. The highest BCUT2D eigenvalue weighted by atomic mass is 79.9. The van der Waals surface area contributed by atoms with Crippen molar-refractivity contribution < 1.29 is 4.39 Å². The molecular formula is C23H28BrFN2. The van der Waals surface area contributed by atoms with E-state index in [-0.39, 0.29) is 11.7 Å². The molecule has 1 fully saturated rings. The zero-order valence-corrected chi connectivity index (χ0v) is 17.9. The minimum absolute atomic E-state index is 0.0217. The maximum Gasteiger partial charge on any atom is 0.131 e. The maximum absolute atomic E-state index is 15.2. The summed E-state index contributed by atoms with van der Waals surface area (Å²) in [6.45, 7) is 6.07. The van der Waals surface area contributed by atoms with Gasteiger partial charge in [0, 0.05) is 22.5 Å². The second kappa shape index (κ2) is 7.90. The van der Waals surface area contributed by atoms with Crippen LogP contribution in [-0.4, -0.2) is 29.9 Å². The van der Waals surface area contributed by atoms with E-state index in [1.807, 2.05) is 6.92 Å². The van der Waals surface area contributed by atoms with Crippen molar-refractivity contribution in [3.63, 3.8) is 0 Å². The Morgan fingerprint density at radius 2 is 2.11 bits per heavy atom. The lowest BCUT2D eigenvalue weighted by Crippen LogP contribution is -2.41. The van der Waals surface area contributed by atoms with E-state index in [4.69, 9.17) is 4.99 Å². The first kappa shape index (κ1) is 18.9. The van der Waals surface area contributed by atoms with Crippen molar-refractivity contribution in [1.29, 1.82) is 0 Å². The Morgan fingerprint density at radius 3 is 2.96 bits per heavy atom. The SMILES string of the molecule is Cc1ccc(Br)cc1CCC1=C(F)C(C)CC=C1C1=NCC2CCCCN12. The minimum Gasteiger partial charge on any atom is -0.352 e. The monoisotopic (exact) mass is 430 g/mol. The molecule has 2 atom stereocenters. The molecular weight excluding hydrogens is 403 g/mol. The molecule has 2 nitrogen and oxygen atoms in total. The predicted molar refractivity (Wildman–Crippen MR) is 114 cm³/mol. The summed E-state index contributed by atoms with van der Waals surface area (Å²) >= 11 is 3.56. The Balaban J connectivity index is 1.59. The first-order valence-electron chi connectivity index (χ1n) is 10.2. The van der Waals surface area contributed by atoms with Crippen molar-refractivity contribution in [1.82, 2.24) is 4.90 Å². The van der Waals surface area contributed by atoms with Gasteiger partial charge in [0.2, 0.25) is 0 Å². The number of piperidine rings is 1. The number of nitrogens with zero attached hydrogens (tertiary/aromatic N) is 2. The van der Waals surface area contributed by atoms with Gasteiger partial charge in [-0.05, 0) is 74.3 Å². The average Bonchev–Trinajstić information content (AvgIpc) is 3.09. The summed E-state index contributed by atoms with van der Waals surface area (Å²) in [6.07, 6.45) is 8.34. The number of allylic oxidation sites excluding steroid dienone is 2. The van der Waals surface area contributed by atoms with Crippen molar-refractivity contribution in [2.75, 3.05) is 13.1 Å². The Labute approximate surface area is 170 Å². The topological polar surface area (TPSA) is 15.6 Å². The average molecular weight is 431 g/mol.